The normalized spacial score (nSPS) is 18.2. The Morgan fingerprint density at radius 1 is 1.30 bits per heavy atom. The fourth-order valence-corrected chi connectivity index (χ4v) is 3.24. The Morgan fingerprint density at radius 2 is 2.00 bits per heavy atom. The average Bonchev–Trinajstić information content (AvgIpc) is 2.53. The van der Waals surface area contributed by atoms with Crippen molar-refractivity contribution in [2.24, 2.45) is 5.41 Å². The van der Waals surface area contributed by atoms with Crippen molar-refractivity contribution in [1.82, 2.24) is 5.32 Å². The van der Waals surface area contributed by atoms with Gasteiger partial charge in [0.25, 0.3) is 0 Å². The molecule has 1 aromatic carbocycles. The van der Waals surface area contributed by atoms with Crippen LogP contribution in [0.5, 0.6) is 0 Å². The van der Waals surface area contributed by atoms with Crippen LogP contribution in [0.15, 0.2) is 24.3 Å². The number of carbonyl (C=O) groups excluding carboxylic acids is 1. The smallest absolute Gasteiger partial charge is 0.311 e. The number of nitrogens with one attached hydrogen (secondary N) is 1. The second-order valence-electron chi connectivity index (χ2n) is 6.58. The summed E-state index contributed by atoms with van der Waals surface area (Å²) in [6.07, 6.45) is 4.28. The molecular formula is C18H24FNO3. The van der Waals surface area contributed by atoms with Crippen LogP contribution in [0.4, 0.5) is 4.39 Å². The average molecular weight is 321 g/mol. The van der Waals surface area contributed by atoms with E-state index in [2.05, 4.69) is 5.32 Å². The molecule has 0 aliphatic heterocycles. The molecule has 0 radical (unpaired) electrons. The van der Waals surface area contributed by atoms with Crippen molar-refractivity contribution in [2.45, 2.75) is 51.4 Å². The molecular weight excluding hydrogens is 297 g/mol. The molecule has 1 saturated carbocycles. The van der Waals surface area contributed by atoms with E-state index in [-0.39, 0.29) is 30.6 Å². The summed E-state index contributed by atoms with van der Waals surface area (Å²) in [5.74, 6) is -1.44. The fraction of sp³-hybridized carbons (Fsp3) is 0.556. The van der Waals surface area contributed by atoms with Gasteiger partial charge in [-0.15, -0.1) is 0 Å². The maximum absolute atomic E-state index is 13.2. The maximum Gasteiger partial charge on any atom is 0.311 e. The number of rotatable bonds is 6. The van der Waals surface area contributed by atoms with E-state index in [9.17, 15) is 19.1 Å². The van der Waals surface area contributed by atoms with E-state index in [1.54, 1.807) is 12.1 Å². The molecule has 1 fully saturated rings. The third-order valence-electron chi connectivity index (χ3n) is 4.80. The first-order valence-corrected chi connectivity index (χ1v) is 8.18. The van der Waals surface area contributed by atoms with Gasteiger partial charge in [-0.1, -0.05) is 38.3 Å². The van der Waals surface area contributed by atoms with Crippen LogP contribution in [-0.4, -0.2) is 23.5 Å². The van der Waals surface area contributed by atoms with E-state index in [0.717, 1.165) is 24.8 Å². The molecule has 0 spiro atoms. The summed E-state index contributed by atoms with van der Waals surface area (Å²) in [5.41, 5.74) is -0.0542. The Balaban J connectivity index is 1.90. The number of amides is 1. The van der Waals surface area contributed by atoms with Gasteiger partial charge in [0.15, 0.2) is 0 Å². The fourth-order valence-electron chi connectivity index (χ4n) is 3.24. The third-order valence-corrected chi connectivity index (χ3v) is 4.80. The molecule has 5 heteroatoms. The van der Waals surface area contributed by atoms with E-state index < -0.39 is 11.4 Å². The number of carboxylic acids is 1. The molecule has 126 valence electrons. The molecule has 0 heterocycles. The predicted molar refractivity (Wildman–Crippen MR) is 85.6 cm³/mol. The standard InChI is InChI=1S/C18H24FNO3/c1-13(14-6-5-7-15(19)11-14)10-16(21)20-12-18(17(22)23)8-3-2-4-9-18/h5-7,11,13H,2-4,8-10,12H2,1H3,(H,20,21)(H,22,23). The van der Waals surface area contributed by atoms with Crippen molar-refractivity contribution in [3.8, 4) is 0 Å². The summed E-state index contributed by atoms with van der Waals surface area (Å²) < 4.78 is 13.2. The minimum Gasteiger partial charge on any atom is -0.481 e. The van der Waals surface area contributed by atoms with Gasteiger partial charge in [0.05, 0.1) is 5.41 Å². The van der Waals surface area contributed by atoms with Crippen LogP contribution >= 0.6 is 0 Å². The molecule has 4 nitrogen and oxygen atoms in total. The molecule has 0 bridgehead atoms. The monoisotopic (exact) mass is 321 g/mol. The highest BCUT2D eigenvalue weighted by atomic mass is 19.1. The lowest BCUT2D eigenvalue weighted by atomic mass is 9.74. The van der Waals surface area contributed by atoms with Crippen molar-refractivity contribution in [1.29, 1.82) is 0 Å². The van der Waals surface area contributed by atoms with Crippen LogP contribution in [0.2, 0.25) is 0 Å². The summed E-state index contributed by atoms with van der Waals surface area (Å²) >= 11 is 0. The first-order chi connectivity index (χ1) is 10.9. The second kappa shape index (κ2) is 7.57. The topological polar surface area (TPSA) is 66.4 Å². The molecule has 1 aliphatic carbocycles. The van der Waals surface area contributed by atoms with Gasteiger partial charge in [0, 0.05) is 13.0 Å². The van der Waals surface area contributed by atoms with E-state index in [0.29, 0.717) is 12.8 Å². The van der Waals surface area contributed by atoms with Gasteiger partial charge in [-0.2, -0.15) is 0 Å². The van der Waals surface area contributed by atoms with E-state index >= 15 is 0 Å². The van der Waals surface area contributed by atoms with Gasteiger partial charge < -0.3 is 10.4 Å². The number of carbonyl (C=O) groups is 2. The van der Waals surface area contributed by atoms with Gasteiger partial charge in [-0.25, -0.2) is 4.39 Å². The molecule has 1 atom stereocenters. The first kappa shape index (κ1) is 17.4. The van der Waals surface area contributed by atoms with Crippen LogP contribution in [0.25, 0.3) is 0 Å². The van der Waals surface area contributed by atoms with E-state index in [1.165, 1.54) is 12.1 Å². The van der Waals surface area contributed by atoms with Gasteiger partial charge in [0.1, 0.15) is 5.82 Å². The molecule has 1 amide bonds. The number of carboxylic acid groups (broad SMARTS) is 1. The molecule has 2 rings (SSSR count). The highest BCUT2D eigenvalue weighted by Crippen LogP contribution is 2.36. The number of hydrogen-bond acceptors (Lipinski definition) is 2. The van der Waals surface area contributed by atoms with Gasteiger partial charge in [-0.3, -0.25) is 9.59 Å². The molecule has 1 aliphatic rings. The Bertz CT molecular complexity index is 567. The van der Waals surface area contributed by atoms with Crippen LogP contribution in [0.3, 0.4) is 0 Å². The molecule has 1 unspecified atom stereocenters. The lowest BCUT2D eigenvalue weighted by Crippen LogP contribution is -2.44. The van der Waals surface area contributed by atoms with Gasteiger partial charge in [-0.05, 0) is 36.5 Å². The first-order valence-electron chi connectivity index (χ1n) is 8.18. The maximum atomic E-state index is 13.2. The van der Waals surface area contributed by atoms with Crippen LogP contribution < -0.4 is 5.32 Å². The summed E-state index contributed by atoms with van der Waals surface area (Å²) in [6, 6.07) is 6.22. The largest absolute Gasteiger partial charge is 0.481 e. The minimum atomic E-state index is -0.823. The Hall–Kier alpha value is -1.91. The van der Waals surface area contributed by atoms with Crippen molar-refractivity contribution in [3.05, 3.63) is 35.6 Å². The second-order valence-corrected chi connectivity index (χ2v) is 6.58. The van der Waals surface area contributed by atoms with E-state index in [1.807, 2.05) is 6.92 Å². The third kappa shape index (κ3) is 4.53. The highest BCUT2D eigenvalue weighted by Gasteiger charge is 2.39. The number of benzene rings is 1. The minimum absolute atomic E-state index is 0.113. The molecule has 0 saturated heterocycles. The van der Waals surface area contributed by atoms with Crippen molar-refractivity contribution in [3.63, 3.8) is 0 Å². The molecule has 0 aromatic heterocycles. The van der Waals surface area contributed by atoms with Crippen LogP contribution in [-0.2, 0) is 9.59 Å². The van der Waals surface area contributed by atoms with E-state index in [4.69, 9.17) is 0 Å². The van der Waals surface area contributed by atoms with Gasteiger partial charge in [0.2, 0.25) is 5.91 Å². The number of aliphatic carboxylic acids is 1. The van der Waals surface area contributed by atoms with Crippen molar-refractivity contribution >= 4 is 11.9 Å². The lowest BCUT2D eigenvalue weighted by molar-refractivity contribution is -0.151. The van der Waals surface area contributed by atoms with Crippen LogP contribution in [0, 0.1) is 11.2 Å². The van der Waals surface area contributed by atoms with Crippen LogP contribution in [0.1, 0.15) is 56.9 Å². The zero-order chi connectivity index (χ0) is 16.9. The summed E-state index contributed by atoms with van der Waals surface area (Å²) in [5, 5.41) is 12.3. The molecule has 2 N–H and O–H groups in total. The quantitative estimate of drug-likeness (QED) is 0.843. The zero-order valence-electron chi connectivity index (χ0n) is 13.5. The summed E-state index contributed by atoms with van der Waals surface area (Å²) in [4.78, 5) is 23.7. The summed E-state index contributed by atoms with van der Waals surface area (Å²) in [6.45, 7) is 2.04. The molecule has 1 aromatic rings. The molecule has 23 heavy (non-hydrogen) atoms. The Kier molecular flexibility index (Phi) is 5.74. The SMILES string of the molecule is CC(CC(=O)NCC1(C(=O)O)CCCCC1)c1cccc(F)c1. The van der Waals surface area contributed by atoms with Crippen molar-refractivity contribution in [2.75, 3.05) is 6.54 Å². The van der Waals surface area contributed by atoms with Gasteiger partial charge >= 0.3 is 5.97 Å². The summed E-state index contributed by atoms with van der Waals surface area (Å²) in [7, 11) is 0. The van der Waals surface area contributed by atoms with Crippen molar-refractivity contribution < 1.29 is 19.1 Å². The Morgan fingerprint density at radius 3 is 2.61 bits per heavy atom. The highest BCUT2D eigenvalue weighted by molar-refractivity contribution is 5.79. The lowest BCUT2D eigenvalue weighted by Gasteiger charge is -2.33. The zero-order valence-corrected chi connectivity index (χ0v) is 13.5. The predicted octanol–water partition coefficient (Wildman–Crippen LogP) is 3.47. The number of halogens is 1. The Labute approximate surface area is 136 Å². The number of hydrogen-bond donors (Lipinski definition) is 2.